The molecule has 1 unspecified atom stereocenters. The van der Waals surface area contributed by atoms with Gasteiger partial charge in [-0.2, -0.15) is 0 Å². The minimum Gasteiger partial charge on any atom is -0.410 e. The zero-order chi connectivity index (χ0) is 23.4. The maximum absolute atomic E-state index is 13.1. The van der Waals surface area contributed by atoms with Gasteiger partial charge in [0.05, 0.1) is 0 Å². The standard InChI is InChI=1S/C26H30Cl2N2O3/c1-2-29-26(32)33-21-10-8-17(9-11-21)19-15-23(27)22(24(28)16-19)14-18-12-13-30(25(18)31)20-6-4-3-5-7-20/h8-11,15-16,18,20H,2-7,12-14H2,1H3,(H,29,32). The molecule has 1 aliphatic carbocycles. The van der Waals surface area contributed by atoms with E-state index < -0.39 is 6.09 Å². The van der Waals surface area contributed by atoms with Crippen molar-refractivity contribution in [1.82, 2.24) is 10.2 Å². The Balaban J connectivity index is 1.44. The van der Waals surface area contributed by atoms with E-state index in [1.54, 1.807) is 12.1 Å². The van der Waals surface area contributed by atoms with Crippen molar-refractivity contribution < 1.29 is 14.3 Å². The van der Waals surface area contributed by atoms with Gasteiger partial charge in [0.1, 0.15) is 5.75 Å². The molecule has 1 aliphatic heterocycles. The average Bonchev–Trinajstić information content (AvgIpc) is 3.17. The first-order valence-corrected chi connectivity index (χ1v) is 12.6. The number of amides is 2. The number of halogens is 2. The smallest absolute Gasteiger partial charge is 0.410 e. The van der Waals surface area contributed by atoms with Crippen molar-refractivity contribution in [3.63, 3.8) is 0 Å². The molecule has 176 valence electrons. The van der Waals surface area contributed by atoms with Crippen molar-refractivity contribution in [2.45, 2.75) is 57.9 Å². The molecule has 0 bridgehead atoms. The Labute approximate surface area is 205 Å². The lowest BCUT2D eigenvalue weighted by Crippen LogP contribution is -2.39. The molecular weight excluding hydrogens is 459 g/mol. The minimum absolute atomic E-state index is 0.0570. The molecule has 4 rings (SSSR count). The van der Waals surface area contributed by atoms with Crippen molar-refractivity contribution >= 4 is 35.2 Å². The predicted molar refractivity (Wildman–Crippen MR) is 132 cm³/mol. The molecule has 0 aromatic heterocycles. The second-order valence-electron chi connectivity index (χ2n) is 8.88. The molecule has 5 nitrogen and oxygen atoms in total. The lowest BCUT2D eigenvalue weighted by atomic mass is 9.93. The van der Waals surface area contributed by atoms with Gasteiger partial charge in [0.2, 0.25) is 5.91 Å². The number of carbonyl (C=O) groups excluding carboxylic acids is 2. The van der Waals surface area contributed by atoms with Crippen LogP contribution >= 0.6 is 23.2 Å². The Kier molecular flexibility index (Phi) is 7.82. The number of ether oxygens (including phenoxy) is 1. The summed E-state index contributed by atoms with van der Waals surface area (Å²) in [5.41, 5.74) is 2.62. The summed E-state index contributed by atoms with van der Waals surface area (Å²) in [7, 11) is 0. The van der Waals surface area contributed by atoms with Crippen LogP contribution in [-0.2, 0) is 11.2 Å². The van der Waals surface area contributed by atoms with Gasteiger partial charge in [0.15, 0.2) is 0 Å². The normalized spacial score (nSPS) is 19.1. The highest BCUT2D eigenvalue weighted by Crippen LogP contribution is 2.37. The topological polar surface area (TPSA) is 58.6 Å². The number of hydrogen-bond acceptors (Lipinski definition) is 3. The van der Waals surface area contributed by atoms with Crippen molar-refractivity contribution in [3.8, 4) is 16.9 Å². The van der Waals surface area contributed by atoms with Gasteiger partial charge >= 0.3 is 6.09 Å². The summed E-state index contributed by atoms with van der Waals surface area (Å²) >= 11 is 13.3. The summed E-state index contributed by atoms with van der Waals surface area (Å²) < 4.78 is 5.21. The van der Waals surface area contributed by atoms with Crippen LogP contribution in [0.3, 0.4) is 0 Å². The second kappa shape index (κ2) is 10.8. The van der Waals surface area contributed by atoms with E-state index >= 15 is 0 Å². The van der Waals surface area contributed by atoms with Crippen LogP contribution in [0.2, 0.25) is 10.0 Å². The van der Waals surface area contributed by atoms with Gasteiger partial charge in [0.25, 0.3) is 0 Å². The molecule has 1 atom stereocenters. The van der Waals surface area contributed by atoms with Crippen molar-refractivity contribution in [1.29, 1.82) is 0 Å². The van der Waals surface area contributed by atoms with E-state index in [1.807, 2.05) is 31.2 Å². The van der Waals surface area contributed by atoms with Gasteiger partial charge in [-0.25, -0.2) is 4.79 Å². The Morgan fingerprint density at radius 1 is 1.03 bits per heavy atom. The molecule has 2 aliphatic rings. The summed E-state index contributed by atoms with van der Waals surface area (Å²) in [5, 5.41) is 3.74. The minimum atomic E-state index is -0.482. The molecule has 1 heterocycles. The maximum atomic E-state index is 13.1. The van der Waals surface area contributed by atoms with Crippen LogP contribution in [0.15, 0.2) is 36.4 Å². The molecule has 2 fully saturated rings. The summed E-state index contributed by atoms with van der Waals surface area (Å²) in [5.74, 6) is 0.653. The van der Waals surface area contributed by atoms with Gasteiger partial charge < -0.3 is 15.0 Å². The summed E-state index contributed by atoms with van der Waals surface area (Å²) in [6.07, 6.45) is 6.92. The summed E-state index contributed by atoms with van der Waals surface area (Å²) in [6, 6.07) is 11.4. The van der Waals surface area contributed by atoms with Crippen LogP contribution in [0.5, 0.6) is 5.75 Å². The van der Waals surface area contributed by atoms with E-state index in [1.165, 1.54) is 19.3 Å². The number of rotatable bonds is 6. The second-order valence-corrected chi connectivity index (χ2v) is 9.69. The van der Waals surface area contributed by atoms with E-state index in [4.69, 9.17) is 27.9 Å². The van der Waals surface area contributed by atoms with Gasteiger partial charge in [-0.3, -0.25) is 4.79 Å². The number of benzene rings is 2. The fourth-order valence-electron chi connectivity index (χ4n) is 4.92. The van der Waals surface area contributed by atoms with Crippen molar-refractivity contribution in [2.24, 2.45) is 5.92 Å². The highest BCUT2D eigenvalue weighted by atomic mass is 35.5. The molecule has 33 heavy (non-hydrogen) atoms. The van der Waals surface area contributed by atoms with Gasteiger partial charge in [-0.15, -0.1) is 0 Å². The third-order valence-electron chi connectivity index (χ3n) is 6.68. The van der Waals surface area contributed by atoms with Crippen LogP contribution in [0.25, 0.3) is 11.1 Å². The number of carbonyl (C=O) groups is 2. The van der Waals surface area contributed by atoms with E-state index in [0.717, 1.165) is 42.5 Å². The molecule has 2 aromatic carbocycles. The fraction of sp³-hybridized carbons (Fsp3) is 0.462. The molecule has 2 amide bonds. The molecule has 7 heteroatoms. The Hall–Kier alpha value is -2.24. The Morgan fingerprint density at radius 2 is 1.70 bits per heavy atom. The number of hydrogen-bond donors (Lipinski definition) is 1. The van der Waals surface area contributed by atoms with Gasteiger partial charge in [0, 0.05) is 35.1 Å². The van der Waals surface area contributed by atoms with Gasteiger partial charge in [-0.05, 0) is 73.6 Å². The third-order valence-corrected chi connectivity index (χ3v) is 7.35. The number of likely N-dealkylation sites (tertiary alicyclic amines) is 1. The molecule has 1 saturated heterocycles. The van der Waals surface area contributed by atoms with Crippen LogP contribution in [0.4, 0.5) is 4.79 Å². The largest absolute Gasteiger partial charge is 0.412 e. The number of nitrogens with zero attached hydrogens (tertiary/aromatic N) is 1. The predicted octanol–water partition coefficient (Wildman–Crippen LogP) is 6.49. The zero-order valence-electron chi connectivity index (χ0n) is 18.9. The lowest BCUT2D eigenvalue weighted by molar-refractivity contribution is -0.133. The van der Waals surface area contributed by atoms with Crippen LogP contribution in [-0.4, -0.2) is 36.0 Å². The first-order valence-electron chi connectivity index (χ1n) is 11.8. The number of nitrogens with one attached hydrogen (secondary N) is 1. The Morgan fingerprint density at radius 3 is 2.33 bits per heavy atom. The summed E-state index contributed by atoms with van der Waals surface area (Å²) in [6.45, 7) is 3.18. The lowest BCUT2D eigenvalue weighted by Gasteiger charge is -2.31. The molecule has 2 aromatic rings. The molecule has 0 spiro atoms. The molecule has 1 saturated carbocycles. The van der Waals surface area contributed by atoms with E-state index in [9.17, 15) is 9.59 Å². The monoisotopic (exact) mass is 488 g/mol. The van der Waals surface area contributed by atoms with Crippen LogP contribution < -0.4 is 10.1 Å². The zero-order valence-corrected chi connectivity index (χ0v) is 20.4. The molecule has 0 radical (unpaired) electrons. The molecule has 1 N–H and O–H groups in total. The van der Waals surface area contributed by atoms with E-state index in [0.29, 0.717) is 34.8 Å². The summed E-state index contributed by atoms with van der Waals surface area (Å²) in [4.78, 5) is 26.7. The average molecular weight is 489 g/mol. The maximum Gasteiger partial charge on any atom is 0.412 e. The Bertz CT molecular complexity index is 980. The van der Waals surface area contributed by atoms with Crippen molar-refractivity contribution in [3.05, 3.63) is 52.0 Å². The third kappa shape index (κ3) is 5.64. The molecular formula is C26H30Cl2N2O3. The van der Waals surface area contributed by atoms with E-state index in [-0.39, 0.29) is 11.8 Å². The fourth-order valence-corrected chi connectivity index (χ4v) is 5.56. The highest BCUT2D eigenvalue weighted by Gasteiger charge is 2.36. The SMILES string of the molecule is CCNC(=O)Oc1ccc(-c2cc(Cl)c(CC3CCN(C4CCCCC4)C3=O)c(Cl)c2)cc1. The van der Waals surface area contributed by atoms with Crippen LogP contribution in [0, 0.1) is 5.92 Å². The van der Waals surface area contributed by atoms with E-state index in [2.05, 4.69) is 10.2 Å². The first-order chi connectivity index (χ1) is 16.0. The van der Waals surface area contributed by atoms with Crippen LogP contribution in [0.1, 0.15) is 51.0 Å². The quantitative estimate of drug-likeness (QED) is 0.505. The van der Waals surface area contributed by atoms with Gasteiger partial charge in [-0.1, -0.05) is 54.6 Å². The highest BCUT2D eigenvalue weighted by molar-refractivity contribution is 6.36. The first kappa shape index (κ1) is 23.9. The van der Waals surface area contributed by atoms with Crippen molar-refractivity contribution in [2.75, 3.05) is 13.1 Å².